The topological polar surface area (TPSA) is 53.6 Å². The lowest BCUT2D eigenvalue weighted by molar-refractivity contribution is 0.251. The Balaban J connectivity index is 1.90. The number of halogens is 1. The Kier molecular flexibility index (Phi) is 5.71. The SMILES string of the molecule is COc1ccc(NC(=O)NCc2ccc(N(C)C)cc2)c(Cl)c1. The van der Waals surface area contributed by atoms with Crippen LogP contribution < -0.4 is 20.3 Å². The summed E-state index contributed by atoms with van der Waals surface area (Å²) in [6.45, 7) is 0.438. The molecule has 0 bridgehead atoms. The summed E-state index contributed by atoms with van der Waals surface area (Å²) in [5.41, 5.74) is 2.67. The molecular formula is C17H20ClN3O2. The highest BCUT2D eigenvalue weighted by molar-refractivity contribution is 6.33. The van der Waals surface area contributed by atoms with Crippen LogP contribution in [0.15, 0.2) is 42.5 Å². The summed E-state index contributed by atoms with van der Waals surface area (Å²) >= 11 is 6.09. The summed E-state index contributed by atoms with van der Waals surface area (Å²) < 4.78 is 5.07. The normalized spacial score (nSPS) is 10.1. The molecule has 2 N–H and O–H groups in total. The Morgan fingerprint density at radius 3 is 2.43 bits per heavy atom. The Bertz CT molecular complexity index is 672. The van der Waals surface area contributed by atoms with Crippen molar-refractivity contribution in [3.63, 3.8) is 0 Å². The number of nitrogens with one attached hydrogen (secondary N) is 2. The average Bonchev–Trinajstić information content (AvgIpc) is 2.55. The number of carbonyl (C=O) groups is 1. The summed E-state index contributed by atoms with van der Waals surface area (Å²) in [6, 6.07) is 12.8. The lowest BCUT2D eigenvalue weighted by Gasteiger charge is -2.13. The predicted octanol–water partition coefficient (Wildman–Crippen LogP) is 3.74. The quantitative estimate of drug-likeness (QED) is 0.876. The van der Waals surface area contributed by atoms with Gasteiger partial charge in [0.25, 0.3) is 0 Å². The van der Waals surface area contributed by atoms with E-state index in [9.17, 15) is 4.79 Å². The van der Waals surface area contributed by atoms with Gasteiger partial charge in [-0.05, 0) is 29.8 Å². The van der Waals surface area contributed by atoms with Gasteiger partial charge in [0.1, 0.15) is 5.75 Å². The molecule has 0 aliphatic carbocycles. The van der Waals surface area contributed by atoms with Crippen LogP contribution in [-0.4, -0.2) is 27.2 Å². The molecule has 23 heavy (non-hydrogen) atoms. The van der Waals surface area contributed by atoms with Crippen LogP contribution in [-0.2, 0) is 6.54 Å². The van der Waals surface area contributed by atoms with Crippen LogP contribution in [0.25, 0.3) is 0 Å². The smallest absolute Gasteiger partial charge is 0.319 e. The van der Waals surface area contributed by atoms with E-state index in [1.165, 1.54) is 0 Å². The van der Waals surface area contributed by atoms with E-state index < -0.39 is 0 Å². The zero-order valence-electron chi connectivity index (χ0n) is 13.4. The first-order valence-electron chi connectivity index (χ1n) is 7.14. The van der Waals surface area contributed by atoms with Crippen molar-refractivity contribution < 1.29 is 9.53 Å². The Labute approximate surface area is 141 Å². The van der Waals surface area contributed by atoms with Crippen LogP contribution in [0, 0.1) is 0 Å². The molecule has 0 heterocycles. The maximum absolute atomic E-state index is 11.9. The summed E-state index contributed by atoms with van der Waals surface area (Å²) in [5, 5.41) is 5.94. The van der Waals surface area contributed by atoms with Gasteiger partial charge < -0.3 is 20.3 Å². The Morgan fingerprint density at radius 2 is 1.87 bits per heavy atom. The van der Waals surface area contributed by atoms with Crippen LogP contribution in [0.4, 0.5) is 16.2 Å². The molecule has 0 fully saturated rings. The molecule has 0 aliphatic rings. The Hall–Kier alpha value is -2.40. The molecule has 0 saturated carbocycles. The first-order valence-corrected chi connectivity index (χ1v) is 7.52. The monoisotopic (exact) mass is 333 g/mol. The molecule has 0 radical (unpaired) electrons. The van der Waals surface area contributed by atoms with E-state index in [0.717, 1.165) is 11.3 Å². The number of hydrogen-bond donors (Lipinski definition) is 2. The summed E-state index contributed by atoms with van der Waals surface area (Å²) in [6.07, 6.45) is 0. The summed E-state index contributed by atoms with van der Waals surface area (Å²) in [5.74, 6) is 0.641. The lowest BCUT2D eigenvalue weighted by atomic mass is 10.2. The molecule has 2 aromatic carbocycles. The highest BCUT2D eigenvalue weighted by Gasteiger charge is 2.07. The second-order valence-corrected chi connectivity index (χ2v) is 5.62. The second kappa shape index (κ2) is 7.74. The first-order chi connectivity index (χ1) is 11.0. The van der Waals surface area contributed by atoms with Crippen molar-refractivity contribution in [2.24, 2.45) is 0 Å². The zero-order chi connectivity index (χ0) is 16.8. The van der Waals surface area contributed by atoms with Crippen molar-refractivity contribution in [1.82, 2.24) is 5.32 Å². The van der Waals surface area contributed by atoms with Gasteiger partial charge in [-0.3, -0.25) is 0 Å². The summed E-state index contributed by atoms with van der Waals surface area (Å²) in [4.78, 5) is 14.0. The van der Waals surface area contributed by atoms with Crippen molar-refractivity contribution in [1.29, 1.82) is 0 Å². The van der Waals surface area contributed by atoms with Crippen molar-refractivity contribution in [3.05, 3.63) is 53.1 Å². The molecule has 6 heteroatoms. The largest absolute Gasteiger partial charge is 0.497 e. The fourth-order valence-corrected chi connectivity index (χ4v) is 2.20. The molecule has 0 atom stereocenters. The minimum Gasteiger partial charge on any atom is -0.497 e. The fourth-order valence-electron chi connectivity index (χ4n) is 1.98. The van der Waals surface area contributed by atoms with Crippen LogP contribution >= 0.6 is 11.6 Å². The van der Waals surface area contributed by atoms with Crippen LogP contribution in [0.3, 0.4) is 0 Å². The van der Waals surface area contributed by atoms with Gasteiger partial charge in [0, 0.05) is 32.4 Å². The number of carbonyl (C=O) groups excluding carboxylic acids is 1. The average molecular weight is 334 g/mol. The van der Waals surface area contributed by atoms with E-state index in [1.54, 1.807) is 25.3 Å². The molecule has 0 spiro atoms. The molecule has 0 saturated heterocycles. The molecule has 0 aliphatic heterocycles. The van der Waals surface area contributed by atoms with Gasteiger partial charge in [-0.1, -0.05) is 23.7 Å². The molecule has 0 unspecified atom stereocenters. The van der Waals surface area contributed by atoms with Crippen LogP contribution in [0.2, 0.25) is 5.02 Å². The molecule has 0 aromatic heterocycles. The maximum Gasteiger partial charge on any atom is 0.319 e. The van der Waals surface area contributed by atoms with E-state index in [-0.39, 0.29) is 6.03 Å². The number of urea groups is 1. The maximum atomic E-state index is 11.9. The van der Waals surface area contributed by atoms with Crippen molar-refractivity contribution in [3.8, 4) is 5.75 Å². The standard InChI is InChI=1S/C17H20ClN3O2/c1-21(2)13-6-4-12(5-7-13)11-19-17(22)20-16-9-8-14(23-3)10-15(16)18/h4-10H,11H2,1-3H3,(H2,19,20,22). The molecule has 122 valence electrons. The third kappa shape index (κ3) is 4.79. The van der Waals surface area contributed by atoms with E-state index in [0.29, 0.717) is 23.0 Å². The van der Waals surface area contributed by atoms with E-state index in [1.807, 2.05) is 43.3 Å². The summed E-state index contributed by atoms with van der Waals surface area (Å²) in [7, 11) is 5.53. The number of hydrogen-bond acceptors (Lipinski definition) is 3. The number of anilines is 2. The number of rotatable bonds is 5. The number of methoxy groups -OCH3 is 1. The van der Waals surface area contributed by atoms with E-state index >= 15 is 0 Å². The van der Waals surface area contributed by atoms with E-state index in [4.69, 9.17) is 16.3 Å². The Morgan fingerprint density at radius 1 is 1.17 bits per heavy atom. The zero-order valence-corrected chi connectivity index (χ0v) is 14.1. The van der Waals surface area contributed by atoms with Crippen molar-refractivity contribution in [2.45, 2.75) is 6.54 Å². The molecule has 2 rings (SSSR count). The number of benzene rings is 2. The molecule has 2 amide bonds. The lowest BCUT2D eigenvalue weighted by Crippen LogP contribution is -2.28. The van der Waals surface area contributed by atoms with Crippen molar-refractivity contribution >= 4 is 29.0 Å². The minimum atomic E-state index is -0.311. The predicted molar refractivity (Wildman–Crippen MR) is 94.6 cm³/mol. The number of nitrogens with zero attached hydrogens (tertiary/aromatic N) is 1. The van der Waals surface area contributed by atoms with Gasteiger partial charge >= 0.3 is 6.03 Å². The molecular weight excluding hydrogens is 314 g/mol. The van der Waals surface area contributed by atoms with Gasteiger partial charge in [-0.15, -0.1) is 0 Å². The molecule has 2 aromatic rings. The van der Waals surface area contributed by atoms with E-state index in [2.05, 4.69) is 10.6 Å². The van der Waals surface area contributed by atoms with Gasteiger partial charge in [-0.25, -0.2) is 4.79 Å². The van der Waals surface area contributed by atoms with Crippen molar-refractivity contribution in [2.75, 3.05) is 31.4 Å². The number of ether oxygens (including phenoxy) is 1. The van der Waals surface area contributed by atoms with Gasteiger partial charge in [-0.2, -0.15) is 0 Å². The number of amides is 2. The first kappa shape index (κ1) is 17.0. The minimum absolute atomic E-state index is 0.311. The highest BCUT2D eigenvalue weighted by Crippen LogP contribution is 2.26. The molecule has 5 nitrogen and oxygen atoms in total. The highest BCUT2D eigenvalue weighted by atomic mass is 35.5. The van der Waals surface area contributed by atoms with Crippen LogP contribution in [0.1, 0.15) is 5.56 Å². The van der Waals surface area contributed by atoms with Gasteiger partial charge in [0.15, 0.2) is 0 Å². The van der Waals surface area contributed by atoms with Gasteiger partial charge in [0.05, 0.1) is 17.8 Å². The second-order valence-electron chi connectivity index (χ2n) is 5.21. The van der Waals surface area contributed by atoms with Gasteiger partial charge in [0.2, 0.25) is 0 Å². The third-order valence-corrected chi connectivity index (χ3v) is 3.64. The third-order valence-electron chi connectivity index (χ3n) is 3.33. The fraction of sp³-hybridized carbons (Fsp3) is 0.235. The van der Waals surface area contributed by atoms with Crippen LogP contribution in [0.5, 0.6) is 5.75 Å².